The number of ether oxygens (including phenoxy) is 1. The van der Waals surface area contributed by atoms with Crippen LogP contribution in [-0.4, -0.2) is 24.2 Å². The van der Waals surface area contributed by atoms with Crippen LogP contribution in [0, 0.1) is 13.8 Å². The van der Waals surface area contributed by atoms with Crippen LogP contribution in [0.15, 0.2) is 29.3 Å². The number of benzene rings is 1. The van der Waals surface area contributed by atoms with Gasteiger partial charge in [0.25, 0.3) is 5.91 Å². The van der Waals surface area contributed by atoms with Crippen molar-refractivity contribution in [2.45, 2.75) is 26.6 Å². The normalized spacial score (nSPS) is 12.7. The number of carbonyl (C=O) groups is 1. The molecule has 8 heteroatoms. The van der Waals surface area contributed by atoms with Gasteiger partial charge in [0.15, 0.2) is 4.80 Å². The van der Waals surface area contributed by atoms with E-state index in [1.807, 2.05) is 18.4 Å². The average molecular weight is 358 g/mol. The van der Waals surface area contributed by atoms with Crippen LogP contribution in [0.1, 0.15) is 26.5 Å². The Bertz CT molecular complexity index is 806. The third kappa shape index (κ3) is 4.12. The predicted octanol–water partition coefficient (Wildman–Crippen LogP) is 3.57. The number of methoxy groups -OCH3 is 1. The highest BCUT2D eigenvalue weighted by Gasteiger charge is 2.30. The van der Waals surface area contributed by atoms with Crippen LogP contribution < -0.4 is 4.80 Å². The number of aromatic nitrogens is 1. The molecule has 1 aromatic carbocycles. The van der Waals surface area contributed by atoms with Crippen LogP contribution >= 0.6 is 11.3 Å². The summed E-state index contributed by atoms with van der Waals surface area (Å²) in [7, 11) is 1.57. The fraction of sp³-hybridized carbons (Fsp3) is 0.375. The molecule has 0 fully saturated rings. The lowest BCUT2D eigenvalue weighted by Crippen LogP contribution is -2.20. The van der Waals surface area contributed by atoms with Gasteiger partial charge in [0.05, 0.1) is 12.2 Å². The maximum Gasteiger partial charge on any atom is 0.416 e. The van der Waals surface area contributed by atoms with Crippen LogP contribution in [0.2, 0.25) is 0 Å². The lowest BCUT2D eigenvalue weighted by molar-refractivity contribution is -0.137. The van der Waals surface area contributed by atoms with Gasteiger partial charge in [-0.3, -0.25) is 4.79 Å². The number of hydrogen-bond acceptors (Lipinski definition) is 3. The second kappa shape index (κ2) is 7.31. The Morgan fingerprint density at radius 3 is 2.67 bits per heavy atom. The number of aryl methyl sites for hydroxylation is 1. The first kappa shape index (κ1) is 18.4. The second-order valence-corrected chi connectivity index (χ2v) is 6.35. The zero-order chi connectivity index (χ0) is 17.9. The Hall–Kier alpha value is -1.93. The van der Waals surface area contributed by atoms with Crippen molar-refractivity contribution >= 4 is 17.2 Å². The van der Waals surface area contributed by atoms with Gasteiger partial charge in [-0.25, -0.2) is 0 Å². The molecule has 0 aliphatic carbocycles. The highest BCUT2D eigenvalue weighted by atomic mass is 32.1. The van der Waals surface area contributed by atoms with Crippen molar-refractivity contribution in [1.29, 1.82) is 0 Å². The number of hydrogen-bond donors (Lipinski definition) is 0. The fourth-order valence-electron chi connectivity index (χ4n) is 2.11. The molecule has 1 aromatic heterocycles. The summed E-state index contributed by atoms with van der Waals surface area (Å²) in [5, 5.41) is 0. The van der Waals surface area contributed by atoms with Crippen molar-refractivity contribution in [2.75, 3.05) is 13.7 Å². The average Bonchev–Trinajstić information content (AvgIpc) is 2.79. The van der Waals surface area contributed by atoms with E-state index >= 15 is 0 Å². The van der Waals surface area contributed by atoms with Gasteiger partial charge in [-0.2, -0.15) is 18.2 Å². The van der Waals surface area contributed by atoms with Crippen LogP contribution in [-0.2, 0) is 17.5 Å². The number of halogens is 3. The molecule has 0 bridgehead atoms. The van der Waals surface area contributed by atoms with Crippen molar-refractivity contribution < 1.29 is 22.7 Å². The third-order valence-electron chi connectivity index (χ3n) is 3.54. The van der Waals surface area contributed by atoms with Crippen molar-refractivity contribution in [3.05, 3.63) is 50.8 Å². The summed E-state index contributed by atoms with van der Waals surface area (Å²) >= 11 is 1.32. The van der Waals surface area contributed by atoms with Gasteiger partial charge in [0.1, 0.15) is 0 Å². The van der Waals surface area contributed by atoms with Crippen LogP contribution in [0.5, 0.6) is 0 Å². The van der Waals surface area contributed by atoms with Gasteiger partial charge in [-0.05, 0) is 32.0 Å². The first-order valence-electron chi connectivity index (χ1n) is 7.16. The van der Waals surface area contributed by atoms with Crippen LogP contribution in [0.4, 0.5) is 13.2 Å². The molecule has 4 nitrogen and oxygen atoms in total. The Balaban J connectivity index is 2.42. The summed E-state index contributed by atoms with van der Waals surface area (Å²) in [6.45, 7) is 4.76. The molecule has 0 aliphatic heterocycles. The minimum absolute atomic E-state index is 0.0909. The number of nitrogens with zero attached hydrogens (tertiary/aromatic N) is 2. The molecule has 0 saturated heterocycles. The van der Waals surface area contributed by atoms with Gasteiger partial charge in [-0.1, -0.05) is 6.07 Å². The zero-order valence-electron chi connectivity index (χ0n) is 13.5. The fourth-order valence-corrected chi connectivity index (χ4v) is 3.11. The Kier molecular flexibility index (Phi) is 5.61. The Morgan fingerprint density at radius 2 is 2.04 bits per heavy atom. The van der Waals surface area contributed by atoms with Crippen LogP contribution in [0.25, 0.3) is 0 Å². The van der Waals surface area contributed by atoms with E-state index in [2.05, 4.69) is 4.99 Å². The van der Waals surface area contributed by atoms with Gasteiger partial charge >= 0.3 is 6.18 Å². The molecule has 1 heterocycles. The number of carbonyl (C=O) groups excluding carboxylic acids is 1. The quantitative estimate of drug-likeness (QED) is 0.839. The molecule has 0 radical (unpaired) electrons. The molecule has 0 atom stereocenters. The van der Waals surface area contributed by atoms with Gasteiger partial charge in [-0.15, -0.1) is 11.3 Å². The molecule has 0 N–H and O–H groups in total. The monoisotopic (exact) mass is 358 g/mol. The SMILES string of the molecule is COCCn1c(C)c(C)sc1=NC(=O)c1cccc(C(F)(F)F)c1. The molecule has 0 spiro atoms. The molecular formula is C16H17F3N2O2S. The van der Waals surface area contributed by atoms with E-state index in [4.69, 9.17) is 4.74 Å². The maximum atomic E-state index is 12.8. The summed E-state index contributed by atoms with van der Waals surface area (Å²) in [4.78, 5) is 17.7. The van der Waals surface area contributed by atoms with Crippen molar-refractivity contribution in [1.82, 2.24) is 4.57 Å². The van der Waals surface area contributed by atoms with Crippen molar-refractivity contribution in [2.24, 2.45) is 4.99 Å². The second-order valence-electron chi connectivity index (χ2n) is 5.17. The minimum atomic E-state index is -4.50. The van der Waals surface area contributed by atoms with Crippen molar-refractivity contribution in [3.8, 4) is 0 Å². The van der Waals surface area contributed by atoms with Crippen molar-refractivity contribution in [3.63, 3.8) is 0 Å². The largest absolute Gasteiger partial charge is 0.416 e. The van der Waals surface area contributed by atoms with Gasteiger partial charge < -0.3 is 9.30 Å². The lowest BCUT2D eigenvalue weighted by Gasteiger charge is -2.07. The predicted molar refractivity (Wildman–Crippen MR) is 85.0 cm³/mol. The third-order valence-corrected chi connectivity index (χ3v) is 4.64. The van der Waals surface area contributed by atoms with Gasteiger partial charge in [0.2, 0.25) is 0 Å². The lowest BCUT2D eigenvalue weighted by atomic mass is 10.1. The van der Waals surface area contributed by atoms with E-state index in [1.165, 1.54) is 23.5 Å². The summed E-state index contributed by atoms with van der Waals surface area (Å²) in [5.41, 5.74) is -0.00573. The summed E-state index contributed by atoms with van der Waals surface area (Å²) in [5.74, 6) is -0.700. The van der Waals surface area contributed by atoms with E-state index in [9.17, 15) is 18.0 Å². The van der Waals surface area contributed by atoms with E-state index < -0.39 is 17.6 Å². The van der Waals surface area contributed by atoms with E-state index in [0.29, 0.717) is 18.0 Å². The summed E-state index contributed by atoms with van der Waals surface area (Å²) in [6.07, 6.45) is -4.50. The summed E-state index contributed by atoms with van der Waals surface area (Å²) in [6, 6.07) is 4.27. The van der Waals surface area contributed by atoms with E-state index in [1.54, 1.807) is 7.11 Å². The zero-order valence-corrected chi connectivity index (χ0v) is 14.3. The number of alkyl halides is 3. The molecule has 2 aromatic rings. The molecule has 130 valence electrons. The number of amides is 1. The Labute approximate surface area is 141 Å². The minimum Gasteiger partial charge on any atom is -0.383 e. The molecule has 24 heavy (non-hydrogen) atoms. The first-order chi connectivity index (χ1) is 11.2. The number of rotatable bonds is 4. The topological polar surface area (TPSA) is 43.6 Å². The molecule has 0 aliphatic rings. The molecule has 0 saturated carbocycles. The molecule has 1 amide bonds. The standard InChI is InChI=1S/C16H17F3N2O2S/c1-10-11(2)24-15(21(10)7-8-23-3)20-14(22)12-5-4-6-13(9-12)16(17,18)19/h4-6,9H,7-8H2,1-3H3. The van der Waals surface area contributed by atoms with Crippen LogP contribution in [0.3, 0.4) is 0 Å². The van der Waals surface area contributed by atoms with E-state index in [-0.39, 0.29) is 5.56 Å². The maximum absolute atomic E-state index is 12.8. The Morgan fingerprint density at radius 1 is 1.33 bits per heavy atom. The first-order valence-corrected chi connectivity index (χ1v) is 7.97. The molecular weight excluding hydrogens is 341 g/mol. The smallest absolute Gasteiger partial charge is 0.383 e. The highest BCUT2D eigenvalue weighted by molar-refractivity contribution is 7.09. The summed E-state index contributed by atoms with van der Waals surface area (Å²) < 4.78 is 45.1. The number of thiazole rings is 1. The molecule has 0 unspecified atom stereocenters. The molecule has 2 rings (SSSR count). The van der Waals surface area contributed by atoms with E-state index in [0.717, 1.165) is 22.7 Å². The highest BCUT2D eigenvalue weighted by Crippen LogP contribution is 2.29. The van der Waals surface area contributed by atoms with Gasteiger partial charge in [0, 0.05) is 29.8 Å².